The van der Waals surface area contributed by atoms with Gasteiger partial charge in [0.1, 0.15) is 11.5 Å². The van der Waals surface area contributed by atoms with Gasteiger partial charge in [0, 0.05) is 61.8 Å². The van der Waals surface area contributed by atoms with E-state index in [1.165, 1.54) is 12.2 Å². The van der Waals surface area contributed by atoms with E-state index in [1.807, 2.05) is 12.1 Å². The van der Waals surface area contributed by atoms with Gasteiger partial charge in [-0.25, -0.2) is 8.78 Å². The first-order valence-corrected chi connectivity index (χ1v) is 15.4. The van der Waals surface area contributed by atoms with Gasteiger partial charge in [-0.15, -0.1) is 0 Å². The van der Waals surface area contributed by atoms with Crippen molar-refractivity contribution in [2.45, 2.75) is 56.4 Å². The minimum absolute atomic E-state index is 0.0430. The van der Waals surface area contributed by atoms with E-state index < -0.39 is 29.5 Å². The van der Waals surface area contributed by atoms with E-state index in [9.17, 15) is 22.4 Å². The van der Waals surface area contributed by atoms with E-state index >= 15 is 4.39 Å². The zero-order chi connectivity index (χ0) is 31.8. The van der Waals surface area contributed by atoms with Crippen LogP contribution in [0.2, 0.25) is 0 Å². The lowest BCUT2D eigenvalue weighted by atomic mass is 9.85. The molecule has 240 valence electrons. The third kappa shape index (κ3) is 7.16. The number of nitrogens with zero attached hydrogens (tertiary/aromatic N) is 3. The summed E-state index contributed by atoms with van der Waals surface area (Å²) in [6.45, 7) is 3.43. The van der Waals surface area contributed by atoms with Crippen molar-refractivity contribution in [1.82, 2.24) is 15.1 Å². The molecule has 1 unspecified atom stereocenters. The van der Waals surface area contributed by atoms with Crippen LogP contribution in [-0.2, 0) is 6.42 Å². The Labute approximate surface area is 258 Å². The van der Waals surface area contributed by atoms with Crippen LogP contribution in [0.1, 0.15) is 48.0 Å². The number of allylic oxidation sites excluding steroid dienone is 4. The van der Waals surface area contributed by atoms with Gasteiger partial charge in [0.05, 0.1) is 17.0 Å². The highest BCUT2D eigenvalue weighted by Crippen LogP contribution is 2.39. The summed E-state index contributed by atoms with van der Waals surface area (Å²) in [5, 5.41) is 14.0. The number of H-pyrrole nitrogens is 1. The SMILES string of the molecule is CN1CCN(c2ccc(C(=O)Nc3n[nH]c4ccc(CC5(F)C=C(F)C=CC5)cc34)c(N[C@H]3CC[C@@H](C(F)(F)F)CC3)c2)CC1. The molecule has 45 heavy (non-hydrogen) atoms. The fraction of sp³-hybridized carbons (Fsp3) is 0.455. The molecule has 2 heterocycles. The summed E-state index contributed by atoms with van der Waals surface area (Å²) < 4.78 is 69.0. The van der Waals surface area contributed by atoms with Crippen LogP contribution in [0.3, 0.4) is 0 Å². The Morgan fingerprint density at radius 2 is 1.82 bits per heavy atom. The highest BCUT2D eigenvalue weighted by molar-refractivity contribution is 6.11. The predicted molar refractivity (Wildman–Crippen MR) is 166 cm³/mol. The fourth-order valence-electron chi connectivity index (χ4n) is 6.52. The number of aromatic amines is 1. The molecule has 1 saturated heterocycles. The number of amides is 1. The van der Waals surface area contributed by atoms with Crippen molar-refractivity contribution in [2.75, 3.05) is 48.8 Å². The summed E-state index contributed by atoms with van der Waals surface area (Å²) in [5.41, 5.74) is 1.23. The molecule has 3 N–H and O–H groups in total. The second-order valence-corrected chi connectivity index (χ2v) is 12.5. The van der Waals surface area contributed by atoms with Gasteiger partial charge < -0.3 is 20.4 Å². The van der Waals surface area contributed by atoms with E-state index in [2.05, 4.69) is 37.7 Å². The van der Waals surface area contributed by atoms with E-state index in [-0.39, 0.29) is 37.5 Å². The number of piperazine rings is 1. The summed E-state index contributed by atoms with van der Waals surface area (Å²) in [7, 11) is 2.07. The van der Waals surface area contributed by atoms with Crippen LogP contribution in [0.4, 0.5) is 39.1 Å². The lowest BCUT2D eigenvalue weighted by Crippen LogP contribution is -2.44. The third-order valence-corrected chi connectivity index (χ3v) is 9.15. The summed E-state index contributed by atoms with van der Waals surface area (Å²) in [6.07, 6.45) is 0.313. The van der Waals surface area contributed by atoms with Crippen molar-refractivity contribution >= 4 is 34.0 Å². The Balaban J connectivity index is 1.23. The molecule has 1 saturated carbocycles. The number of rotatable bonds is 7. The van der Waals surface area contributed by atoms with Gasteiger partial charge in [-0.2, -0.15) is 18.3 Å². The molecule has 3 aliphatic rings. The molecule has 1 aromatic heterocycles. The summed E-state index contributed by atoms with van der Waals surface area (Å²) >= 11 is 0. The zero-order valence-electron chi connectivity index (χ0n) is 25.1. The molecule has 1 amide bonds. The highest BCUT2D eigenvalue weighted by Gasteiger charge is 2.41. The van der Waals surface area contributed by atoms with Crippen molar-refractivity contribution in [2.24, 2.45) is 5.92 Å². The quantitative estimate of drug-likeness (QED) is 0.242. The maximum absolute atomic E-state index is 15.3. The van der Waals surface area contributed by atoms with Crippen LogP contribution in [0.5, 0.6) is 0 Å². The average Bonchev–Trinajstić information content (AvgIpc) is 3.38. The van der Waals surface area contributed by atoms with Crippen LogP contribution in [0.25, 0.3) is 10.9 Å². The number of hydrogen-bond acceptors (Lipinski definition) is 5. The lowest BCUT2D eigenvalue weighted by molar-refractivity contribution is -0.182. The molecule has 2 aliphatic carbocycles. The highest BCUT2D eigenvalue weighted by atomic mass is 19.4. The second-order valence-electron chi connectivity index (χ2n) is 12.5. The van der Waals surface area contributed by atoms with Gasteiger partial charge in [0.15, 0.2) is 5.82 Å². The molecular formula is C33H37F5N6O. The van der Waals surface area contributed by atoms with Crippen molar-refractivity contribution in [1.29, 1.82) is 0 Å². The smallest absolute Gasteiger partial charge is 0.382 e. The number of likely N-dealkylation sites (N-methyl/N-ethyl adjacent to an activating group) is 1. The first-order valence-electron chi connectivity index (χ1n) is 15.4. The Hall–Kier alpha value is -3.93. The van der Waals surface area contributed by atoms with Gasteiger partial charge in [-0.1, -0.05) is 12.1 Å². The molecule has 0 bridgehead atoms. The summed E-state index contributed by atoms with van der Waals surface area (Å²) in [6, 6.07) is 10.5. The largest absolute Gasteiger partial charge is 0.391 e. The fourth-order valence-corrected chi connectivity index (χ4v) is 6.52. The molecule has 0 radical (unpaired) electrons. The van der Waals surface area contributed by atoms with Crippen molar-refractivity contribution in [3.8, 4) is 0 Å². The van der Waals surface area contributed by atoms with E-state index in [0.717, 1.165) is 37.9 Å². The molecule has 6 rings (SSSR count). The number of halogens is 5. The zero-order valence-corrected chi connectivity index (χ0v) is 25.1. The first-order chi connectivity index (χ1) is 21.5. The molecule has 0 spiro atoms. The third-order valence-electron chi connectivity index (χ3n) is 9.15. The monoisotopic (exact) mass is 628 g/mol. The minimum atomic E-state index is -4.20. The van der Waals surface area contributed by atoms with E-state index in [1.54, 1.807) is 24.3 Å². The van der Waals surface area contributed by atoms with Crippen LogP contribution in [0, 0.1) is 5.92 Å². The first kappa shape index (κ1) is 31.1. The topological polar surface area (TPSA) is 76.3 Å². The average molecular weight is 629 g/mol. The number of carbonyl (C=O) groups excluding carboxylic acids is 1. The molecular weight excluding hydrogens is 591 g/mol. The van der Waals surface area contributed by atoms with Crippen molar-refractivity contribution in [3.05, 3.63) is 71.6 Å². The normalized spacial score (nSPS) is 24.5. The summed E-state index contributed by atoms with van der Waals surface area (Å²) in [4.78, 5) is 18.2. The molecule has 2 fully saturated rings. The molecule has 1 aliphatic heterocycles. The van der Waals surface area contributed by atoms with Gasteiger partial charge >= 0.3 is 6.18 Å². The second kappa shape index (κ2) is 12.5. The van der Waals surface area contributed by atoms with Crippen LogP contribution in [-0.4, -0.2) is 72.1 Å². The van der Waals surface area contributed by atoms with E-state index in [0.29, 0.717) is 40.6 Å². The number of hydrogen-bond donors (Lipinski definition) is 3. The minimum Gasteiger partial charge on any atom is -0.382 e. The van der Waals surface area contributed by atoms with Crippen LogP contribution in [0.15, 0.2) is 60.5 Å². The Bertz CT molecular complexity index is 1600. The number of aromatic nitrogens is 2. The Kier molecular flexibility index (Phi) is 8.60. The van der Waals surface area contributed by atoms with Crippen molar-refractivity contribution < 1.29 is 26.7 Å². The Morgan fingerprint density at radius 1 is 1.07 bits per heavy atom. The number of anilines is 3. The number of benzene rings is 2. The van der Waals surface area contributed by atoms with Gasteiger partial charge in [0.2, 0.25) is 0 Å². The number of fused-ring (bicyclic) bond motifs is 1. The lowest BCUT2D eigenvalue weighted by Gasteiger charge is -2.35. The molecule has 12 heteroatoms. The van der Waals surface area contributed by atoms with Crippen molar-refractivity contribution in [3.63, 3.8) is 0 Å². The van der Waals surface area contributed by atoms with Gasteiger partial charge in [-0.3, -0.25) is 9.89 Å². The number of nitrogens with one attached hydrogen (secondary N) is 3. The molecule has 7 nitrogen and oxygen atoms in total. The van der Waals surface area contributed by atoms with Crippen LogP contribution >= 0.6 is 0 Å². The van der Waals surface area contributed by atoms with Gasteiger partial charge in [0.25, 0.3) is 5.91 Å². The summed E-state index contributed by atoms with van der Waals surface area (Å²) in [5.74, 6) is -2.09. The Morgan fingerprint density at radius 3 is 2.53 bits per heavy atom. The maximum Gasteiger partial charge on any atom is 0.391 e. The van der Waals surface area contributed by atoms with Gasteiger partial charge in [-0.05, 0) is 80.8 Å². The number of alkyl halides is 4. The number of carbonyl (C=O) groups is 1. The predicted octanol–water partition coefficient (Wildman–Crippen LogP) is 7.16. The van der Waals surface area contributed by atoms with Crippen LogP contribution < -0.4 is 15.5 Å². The maximum atomic E-state index is 15.3. The molecule has 1 atom stereocenters. The standard InChI is InChI=1S/C33H37F5N6O/c1-43-13-15-44(16-14-43)25-9-10-26(29(18-25)39-24-7-5-22(6-8-24)33(36,37)38)31(45)40-30-27-17-21(4-11-28(27)41-42-30)19-32(35)12-2-3-23(34)20-32/h2-4,9-11,17-18,20,22,24,39H,5-8,12-16,19H2,1H3,(H2,40,41,42,45)/t22-,24+,32?. The van der Waals surface area contributed by atoms with E-state index in [4.69, 9.17) is 0 Å². The molecule has 3 aromatic rings. The molecule has 2 aromatic carbocycles.